The van der Waals surface area contributed by atoms with E-state index in [2.05, 4.69) is 4.74 Å². The Morgan fingerprint density at radius 2 is 1.81 bits per heavy atom. The molecule has 0 radical (unpaired) electrons. The number of methoxy groups -OCH3 is 1. The summed E-state index contributed by atoms with van der Waals surface area (Å²) in [5, 5.41) is 0. The number of carbonyl (C=O) groups is 2. The summed E-state index contributed by atoms with van der Waals surface area (Å²) in [6.45, 7) is 0. The first-order valence-corrected chi connectivity index (χ1v) is 9.24. The van der Waals surface area contributed by atoms with Crippen LogP contribution in [0.3, 0.4) is 0 Å². The van der Waals surface area contributed by atoms with Gasteiger partial charge < -0.3 is 13.7 Å². The van der Waals surface area contributed by atoms with Crippen molar-refractivity contribution in [3.05, 3.63) is 64.9 Å². The molecule has 134 valence electrons. The minimum Gasteiger partial charge on any atom is -0.465 e. The average Bonchev–Trinajstić information content (AvgIpc) is 2.88. The highest BCUT2D eigenvalue weighted by atomic mass is 32.2. The number of rotatable bonds is 4. The lowest BCUT2D eigenvalue weighted by molar-refractivity contribution is 0.0600. The van der Waals surface area contributed by atoms with Gasteiger partial charge in [0.2, 0.25) is 5.78 Å². The smallest absolute Gasteiger partial charge is 0.337 e. The van der Waals surface area contributed by atoms with Crippen LogP contribution in [0.15, 0.2) is 48.2 Å². The van der Waals surface area contributed by atoms with E-state index in [1.54, 1.807) is 24.3 Å². The molecule has 0 aliphatic carbocycles. The number of ketones is 1. The zero-order valence-corrected chi connectivity index (χ0v) is 14.7. The number of hydrogen-bond acceptors (Lipinski definition) is 7. The Morgan fingerprint density at radius 3 is 2.42 bits per heavy atom. The Balaban J connectivity index is 1.85. The van der Waals surface area contributed by atoms with Gasteiger partial charge in [-0.15, -0.1) is 0 Å². The molecule has 0 saturated carbocycles. The second-order valence-electron chi connectivity index (χ2n) is 5.50. The summed E-state index contributed by atoms with van der Waals surface area (Å²) < 4.78 is 37.3. The SMILES string of the molecule is COC(=O)c1ccc(/C=C2/Oc3cc(OS(C)(=O)=O)ccc3C2=O)cc1. The van der Waals surface area contributed by atoms with Crippen molar-refractivity contribution in [2.45, 2.75) is 0 Å². The van der Waals surface area contributed by atoms with E-state index in [1.165, 1.54) is 31.4 Å². The van der Waals surface area contributed by atoms with Crippen LogP contribution in [0, 0.1) is 0 Å². The van der Waals surface area contributed by atoms with Crippen LogP contribution < -0.4 is 8.92 Å². The minimum absolute atomic E-state index is 0.0581. The zero-order chi connectivity index (χ0) is 18.9. The number of carbonyl (C=O) groups excluding carboxylic acids is 2. The minimum atomic E-state index is -3.68. The Bertz CT molecular complexity index is 1020. The molecule has 2 aromatic rings. The lowest BCUT2D eigenvalue weighted by Crippen LogP contribution is -2.05. The van der Waals surface area contributed by atoms with Crippen LogP contribution in [-0.4, -0.2) is 33.5 Å². The largest absolute Gasteiger partial charge is 0.465 e. The Hall–Kier alpha value is -3.13. The van der Waals surface area contributed by atoms with Crippen molar-refractivity contribution in [1.82, 2.24) is 0 Å². The normalized spacial score (nSPS) is 14.7. The van der Waals surface area contributed by atoms with Crippen molar-refractivity contribution in [3.8, 4) is 11.5 Å². The van der Waals surface area contributed by atoms with E-state index >= 15 is 0 Å². The molecule has 1 aliphatic heterocycles. The number of ether oxygens (including phenoxy) is 2. The van der Waals surface area contributed by atoms with Crippen molar-refractivity contribution in [1.29, 1.82) is 0 Å². The molecule has 0 saturated heterocycles. The first kappa shape index (κ1) is 17.7. The van der Waals surface area contributed by atoms with Gasteiger partial charge in [-0.25, -0.2) is 4.79 Å². The summed E-state index contributed by atoms with van der Waals surface area (Å²) in [6, 6.07) is 10.6. The zero-order valence-electron chi connectivity index (χ0n) is 13.9. The molecule has 0 unspecified atom stereocenters. The standard InChI is InChI=1S/C18H14O7S/c1-23-18(20)12-5-3-11(4-6-12)9-16-17(19)14-8-7-13(10-15(14)24-16)25-26(2,21)22/h3-10H,1-2H3/b16-9+. The topological polar surface area (TPSA) is 96.0 Å². The molecule has 2 aromatic carbocycles. The molecule has 0 aromatic heterocycles. The Labute approximate surface area is 149 Å². The molecule has 0 spiro atoms. The average molecular weight is 374 g/mol. The maximum absolute atomic E-state index is 12.4. The van der Waals surface area contributed by atoms with Crippen molar-refractivity contribution in [2.24, 2.45) is 0 Å². The van der Waals surface area contributed by atoms with Crippen molar-refractivity contribution in [3.63, 3.8) is 0 Å². The van der Waals surface area contributed by atoms with E-state index in [9.17, 15) is 18.0 Å². The highest BCUT2D eigenvalue weighted by molar-refractivity contribution is 7.86. The van der Waals surface area contributed by atoms with Gasteiger partial charge in [0.1, 0.15) is 11.5 Å². The summed E-state index contributed by atoms with van der Waals surface area (Å²) >= 11 is 0. The van der Waals surface area contributed by atoms with Crippen LogP contribution in [0.2, 0.25) is 0 Å². The summed E-state index contributed by atoms with van der Waals surface area (Å²) in [7, 11) is -2.38. The van der Waals surface area contributed by atoms with Gasteiger partial charge in [-0.3, -0.25) is 4.79 Å². The predicted molar refractivity (Wildman–Crippen MR) is 92.6 cm³/mol. The van der Waals surface area contributed by atoms with Gasteiger partial charge in [-0.2, -0.15) is 8.42 Å². The number of esters is 1. The maximum Gasteiger partial charge on any atom is 0.337 e. The van der Waals surface area contributed by atoms with Crippen LogP contribution >= 0.6 is 0 Å². The molecule has 0 bridgehead atoms. The van der Waals surface area contributed by atoms with E-state index in [0.29, 0.717) is 16.7 Å². The third-order valence-corrected chi connectivity index (χ3v) is 4.01. The molecule has 0 N–H and O–H groups in total. The van der Waals surface area contributed by atoms with Crippen LogP contribution in [0.5, 0.6) is 11.5 Å². The number of benzene rings is 2. The molecule has 7 nitrogen and oxygen atoms in total. The van der Waals surface area contributed by atoms with Crippen LogP contribution in [0.25, 0.3) is 6.08 Å². The number of Topliss-reactive ketones (excluding diaryl/α,β-unsaturated/α-hetero) is 1. The van der Waals surface area contributed by atoms with Gasteiger partial charge in [0.15, 0.2) is 5.76 Å². The molecule has 8 heteroatoms. The van der Waals surface area contributed by atoms with Crippen LogP contribution in [0.1, 0.15) is 26.3 Å². The van der Waals surface area contributed by atoms with Gasteiger partial charge in [0.05, 0.1) is 24.5 Å². The predicted octanol–water partition coefficient (Wildman–Crippen LogP) is 2.43. The fourth-order valence-electron chi connectivity index (χ4n) is 2.38. The van der Waals surface area contributed by atoms with E-state index in [4.69, 9.17) is 8.92 Å². The van der Waals surface area contributed by atoms with Crippen LogP contribution in [-0.2, 0) is 14.9 Å². The van der Waals surface area contributed by atoms with Gasteiger partial charge >= 0.3 is 16.1 Å². The van der Waals surface area contributed by atoms with E-state index in [-0.39, 0.29) is 23.0 Å². The van der Waals surface area contributed by atoms with Crippen molar-refractivity contribution < 1.29 is 31.7 Å². The first-order valence-electron chi connectivity index (χ1n) is 7.43. The quantitative estimate of drug-likeness (QED) is 0.461. The van der Waals surface area contributed by atoms with Gasteiger partial charge in [0, 0.05) is 6.07 Å². The fourth-order valence-corrected chi connectivity index (χ4v) is 2.83. The highest BCUT2D eigenvalue weighted by Gasteiger charge is 2.28. The fraction of sp³-hybridized carbons (Fsp3) is 0.111. The monoisotopic (exact) mass is 374 g/mol. The van der Waals surface area contributed by atoms with E-state index < -0.39 is 16.1 Å². The Kier molecular flexibility index (Phi) is 4.52. The molecule has 1 heterocycles. The maximum atomic E-state index is 12.4. The van der Waals surface area contributed by atoms with Crippen molar-refractivity contribution >= 4 is 27.9 Å². The third-order valence-electron chi connectivity index (χ3n) is 3.52. The van der Waals surface area contributed by atoms with Gasteiger partial charge in [-0.05, 0) is 35.9 Å². The summed E-state index contributed by atoms with van der Waals surface area (Å²) in [6.07, 6.45) is 2.45. The van der Waals surface area contributed by atoms with E-state index in [1.807, 2.05) is 0 Å². The van der Waals surface area contributed by atoms with Gasteiger partial charge in [0.25, 0.3) is 0 Å². The molecule has 26 heavy (non-hydrogen) atoms. The van der Waals surface area contributed by atoms with Gasteiger partial charge in [-0.1, -0.05) is 12.1 Å². The summed E-state index contributed by atoms with van der Waals surface area (Å²) in [5.74, 6) is -0.426. The molecule has 0 atom stereocenters. The van der Waals surface area contributed by atoms with Crippen molar-refractivity contribution in [2.75, 3.05) is 13.4 Å². The molecule has 0 amide bonds. The summed E-state index contributed by atoms with van der Waals surface area (Å²) in [4.78, 5) is 23.8. The molecule has 1 aliphatic rings. The lowest BCUT2D eigenvalue weighted by atomic mass is 10.1. The lowest BCUT2D eigenvalue weighted by Gasteiger charge is -2.04. The molecular formula is C18H14O7S. The number of allylic oxidation sites excluding steroid dienone is 1. The third kappa shape index (κ3) is 3.75. The molecular weight excluding hydrogens is 360 g/mol. The number of fused-ring (bicyclic) bond motifs is 1. The molecule has 0 fully saturated rings. The Morgan fingerprint density at radius 1 is 1.12 bits per heavy atom. The second-order valence-corrected chi connectivity index (χ2v) is 7.07. The van der Waals surface area contributed by atoms with Crippen LogP contribution in [0.4, 0.5) is 0 Å². The second kappa shape index (κ2) is 6.64. The van der Waals surface area contributed by atoms with E-state index in [0.717, 1.165) is 6.26 Å². The number of hydrogen-bond donors (Lipinski definition) is 0. The molecule has 3 rings (SSSR count). The highest BCUT2D eigenvalue weighted by Crippen LogP contribution is 2.35. The first-order chi connectivity index (χ1) is 12.3. The summed E-state index contributed by atoms with van der Waals surface area (Å²) in [5.41, 5.74) is 1.35.